The number of halogens is 2. The van der Waals surface area contributed by atoms with Crippen molar-refractivity contribution in [3.63, 3.8) is 0 Å². The van der Waals surface area contributed by atoms with E-state index in [4.69, 9.17) is 4.98 Å². The quantitative estimate of drug-likeness (QED) is 0.641. The van der Waals surface area contributed by atoms with Crippen LogP contribution in [-0.2, 0) is 6.42 Å². The molecule has 0 bridgehead atoms. The Morgan fingerprint density at radius 3 is 2.57 bits per heavy atom. The van der Waals surface area contributed by atoms with E-state index in [0.717, 1.165) is 33.3 Å². The first-order valence-corrected chi connectivity index (χ1v) is 9.61. The number of nitrogens with one attached hydrogen (secondary N) is 1. The average molecular weight is 432 g/mol. The number of hydrogen-bond acceptors (Lipinski definition) is 3. The van der Waals surface area contributed by atoms with Crippen molar-refractivity contribution in [1.82, 2.24) is 10.3 Å². The van der Waals surface area contributed by atoms with Crippen LogP contribution in [0, 0.1) is 6.92 Å². The third-order valence-electron chi connectivity index (χ3n) is 3.37. The molecule has 0 aliphatic heterocycles. The molecule has 1 unspecified atom stereocenters. The van der Waals surface area contributed by atoms with E-state index in [1.807, 2.05) is 0 Å². The minimum absolute atomic E-state index is 0.165. The molecular weight excluding hydrogens is 412 g/mol. The standard InChI is InChI=1S/C16H20Br2N2S/c1-4-8-19-15(11-6-7-12(17)13(18)9-11)16-20-14(5-2)10(3)21-16/h6-7,9,15,19H,4-5,8H2,1-3H3. The molecule has 1 N–H and O–H groups in total. The summed E-state index contributed by atoms with van der Waals surface area (Å²) in [5.41, 5.74) is 2.46. The molecule has 0 spiro atoms. The first kappa shape index (κ1) is 17.1. The number of hydrogen-bond donors (Lipinski definition) is 1. The van der Waals surface area contributed by atoms with Crippen LogP contribution in [0.5, 0.6) is 0 Å². The van der Waals surface area contributed by atoms with Crippen molar-refractivity contribution in [2.24, 2.45) is 0 Å². The van der Waals surface area contributed by atoms with Gasteiger partial charge >= 0.3 is 0 Å². The molecule has 1 aromatic carbocycles. The lowest BCUT2D eigenvalue weighted by Crippen LogP contribution is -2.23. The van der Waals surface area contributed by atoms with Gasteiger partial charge in [-0.3, -0.25) is 0 Å². The number of aromatic nitrogens is 1. The monoisotopic (exact) mass is 430 g/mol. The Kier molecular flexibility index (Phi) is 6.41. The van der Waals surface area contributed by atoms with Crippen LogP contribution in [0.4, 0.5) is 0 Å². The highest BCUT2D eigenvalue weighted by Gasteiger charge is 2.19. The largest absolute Gasteiger partial charge is 0.304 e. The van der Waals surface area contributed by atoms with Crippen LogP contribution in [0.2, 0.25) is 0 Å². The molecule has 2 nitrogen and oxygen atoms in total. The lowest BCUT2D eigenvalue weighted by molar-refractivity contribution is 0.594. The van der Waals surface area contributed by atoms with E-state index in [1.54, 1.807) is 11.3 Å². The first-order valence-electron chi connectivity index (χ1n) is 7.21. The molecular formula is C16H20Br2N2S. The minimum atomic E-state index is 0.165. The number of benzene rings is 1. The van der Waals surface area contributed by atoms with Crippen molar-refractivity contribution < 1.29 is 0 Å². The van der Waals surface area contributed by atoms with Crippen molar-refractivity contribution in [2.45, 2.75) is 39.7 Å². The topological polar surface area (TPSA) is 24.9 Å². The van der Waals surface area contributed by atoms with Crippen LogP contribution >= 0.6 is 43.2 Å². The minimum Gasteiger partial charge on any atom is -0.304 e. The van der Waals surface area contributed by atoms with E-state index in [2.05, 4.69) is 76.1 Å². The Hall–Kier alpha value is -0.230. The molecule has 2 aromatic rings. The van der Waals surface area contributed by atoms with Crippen molar-refractivity contribution in [2.75, 3.05) is 6.54 Å². The second kappa shape index (κ2) is 7.86. The molecule has 0 fully saturated rings. The first-order chi connectivity index (χ1) is 10.1. The third kappa shape index (κ3) is 4.15. The molecule has 1 aromatic heterocycles. The zero-order chi connectivity index (χ0) is 15.4. The molecule has 0 saturated heterocycles. The van der Waals surface area contributed by atoms with Crippen molar-refractivity contribution in [1.29, 1.82) is 0 Å². The highest BCUT2D eigenvalue weighted by Crippen LogP contribution is 2.32. The van der Waals surface area contributed by atoms with Gasteiger partial charge in [-0.15, -0.1) is 11.3 Å². The lowest BCUT2D eigenvalue weighted by Gasteiger charge is -2.17. The Labute approximate surface area is 147 Å². The maximum atomic E-state index is 4.84. The number of aryl methyl sites for hydroxylation is 2. The maximum Gasteiger partial charge on any atom is 0.115 e. The summed E-state index contributed by atoms with van der Waals surface area (Å²) < 4.78 is 2.15. The molecule has 0 amide bonds. The van der Waals surface area contributed by atoms with Gasteiger partial charge in [-0.25, -0.2) is 4.98 Å². The summed E-state index contributed by atoms with van der Waals surface area (Å²) in [6.07, 6.45) is 2.10. The van der Waals surface area contributed by atoms with Gasteiger partial charge in [0.25, 0.3) is 0 Å². The molecule has 2 rings (SSSR count). The van der Waals surface area contributed by atoms with E-state index in [1.165, 1.54) is 16.1 Å². The van der Waals surface area contributed by atoms with Gasteiger partial charge in [0.1, 0.15) is 5.01 Å². The summed E-state index contributed by atoms with van der Waals surface area (Å²) in [6.45, 7) is 7.50. The smallest absolute Gasteiger partial charge is 0.115 e. The molecule has 5 heteroatoms. The molecule has 0 aliphatic carbocycles. The summed E-state index contributed by atoms with van der Waals surface area (Å²) in [6, 6.07) is 6.57. The maximum absolute atomic E-state index is 4.84. The fourth-order valence-corrected chi connectivity index (χ4v) is 3.99. The van der Waals surface area contributed by atoms with Gasteiger partial charge in [-0.1, -0.05) is 19.9 Å². The SMILES string of the molecule is CCCNC(c1ccc(Br)c(Br)c1)c1nc(CC)c(C)s1. The second-order valence-corrected chi connectivity index (χ2v) is 7.91. The number of rotatable bonds is 6. The molecule has 0 aliphatic rings. The van der Waals surface area contributed by atoms with Crippen LogP contribution in [0.1, 0.15) is 47.5 Å². The van der Waals surface area contributed by atoms with Crippen molar-refractivity contribution in [3.8, 4) is 0 Å². The van der Waals surface area contributed by atoms with Gasteiger partial charge < -0.3 is 5.32 Å². The Bertz CT molecular complexity index is 610. The second-order valence-electron chi connectivity index (χ2n) is 4.97. The summed E-state index contributed by atoms with van der Waals surface area (Å²) in [4.78, 5) is 6.16. The van der Waals surface area contributed by atoms with E-state index in [0.29, 0.717) is 0 Å². The molecule has 1 heterocycles. The van der Waals surface area contributed by atoms with Gasteiger partial charge in [0.2, 0.25) is 0 Å². The fourth-order valence-electron chi connectivity index (χ4n) is 2.23. The van der Waals surface area contributed by atoms with Gasteiger partial charge in [-0.05, 0) is 75.9 Å². The van der Waals surface area contributed by atoms with Crippen LogP contribution in [-0.4, -0.2) is 11.5 Å². The molecule has 0 saturated carbocycles. The van der Waals surface area contributed by atoms with Gasteiger partial charge in [0.05, 0.1) is 11.7 Å². The predicted molar refractivity (Wildman–Crippen MR) is 98.2 cm³/mol. The summed E-state index contributed by atoms with van der Waals surface area (Å²) >= 11 is 8.93. The van der Waals surface area contributed by atoms with Crippen molar-refractivity contribution in [3.05, 3.63) is 48.3 Å². The Balaban J connectivity index is 2.38. The predicted octanol–water partition coefficient (Wildman–Crippen LogP) is 5.63. The highest BCUT2D eigenvalue weighted by atomic mass is 79.9. The third-order valence-corrected chi connectivity index (χ3v) is 6.32. The lowest BCUT2D eigenvalue weighted by atomic mass is 10.1. The van der Waals surface area contributed by atoms with E-state index >= 15 is 0 Å². The number of nitrogens with zero attached hydrogens (tertiary/aromatic N) is 1. The average Bonchev–Trinajstić information content (AvgIpc) is 2.84. The Morgan fingerprint density at radius 1 is 1.24 bits per heavy atom. The Morgan fingerprint density at radius 2 is 2.00 bits per heavy atom. The van der Waals surface area contributed by atoms with Gasteiger partial charge in [0, 0.05) is 13.8 Å². The van der Waals surface area contributed by atoms with E-state index in [9.17, 15) is 0 Å². The van der Waals surface area contributed by atoms with Crippen LogP contribution < -0.4 is 5.32 Å². The summed E-state index contributed by atoms with van der Waals surface area (Å²) in [5.74, 6) is 0. The zero-order valence-corrected chi connectivity index (χ0v) is 16.5. The molecule has 1 atom stereocenters. The summed E-state index contributed by atoms with van der Waals surface area (Å²) in [5, 5.41) is 4.78. The van der Waals surface area contributed by atoms with Crippen LogP contribution in [0.15, 0.2) is 27.1 Å². The van der Waals surface area contributed by atoms with E-state index < -0.39 is 0 Å². The van der Waals surface area contributed by atoms with Crippen LogP contribution in [0.25, 0.3) is 0 Å². The zero-order valence-electron chi connectivity index (χ0n) is 12.5. The van der Waals surface area contributed by atoms with E-state index in [-0.39, 0.29) is 6.04 Å². The van der Waals surface area contributed by atoms with Crippen LogP contribution in [0.3, 0.4) is 0 Å². The van der Waals surface area contributed by atoms with Crippen molar-refractivity contribution >= 4 is 43.2 Å². The normalized spacial score (nSPS) is 12.6. The summed E-state index contributed by atoms with van der Waals surface area (Å²) in [7, 11) is 0. The van der Waals surface area contributed by atoms with Gasteiger partial charge in [0.15, 0.2) is 0 Å². The van der Waals surface area contributed by atoms with Gasteiger partial charge in [-0.2, -0.15) is 0 Å². The fraction of sp³-hybridized carbons (Fsp3) is 0.438. The molecule has 114 valence electrons. The molecule has 0 radical (unpaired) electrons. The highest BCUT2D eigenvalue weighted by molar-refractivity contribution is 9.13. The number of thiazole rings is 1. The molecule has 21 heavy (non-hydrogen) atoms.